The van der Waals surface area contributed by atoms with Gasteiger partial charge in [0.25, 0.3) is 0 Å². The number of ether oxygens (including phenoxy) is 1. The third kappa shape index (κ3) is 2.21. The minimum atomic E-state index is -0.175. The minimum Gasteiger partial charge on any atom is -0.365 e. The van der Waals surface area contributed by atoms with Gasteiger partial charge in [0.05, 0.1) is 6.10 Å². The molecule has 2 atom stereocenters. The van der Waals surface area contributed by atoms with Gasteiger partial charge in [-0.3, -0.25) is 0 Å². The van der Waals surface area contributed by atoms with Gasteiger partial charge in [0, 0.05) is 13.1 Å². The smallest absolute Gasteiger partial charge is 0.103 e. The third-order valence-electron chi connectivity index (χ3n) is 3.02. The van der Waals surface area contributed by atoms with Gasteiger partial charge in [-0.1, -0.05) is 29.8 Å². The standard InChI is InChI=1S/C13H19NO/c1-10-4-6-12(7-5-10)13(3)9-14-8-11(2)15-13/h4-7,11,14H,8-9H2,1-3H3. The highest BCUT2D eigenvalue weighted by molar-refractivity contribution is 5.27. The molecule has 2 nitrogen and oxygen atoms in total. The molecule has 1 fully saturated rings. The van der Waals surface area contributed by atoms with Gasteiger partial charge in [0.15, 0.2) is 0 Å². The summed E-state index contributed by atoms with van der Waals surface area (Å²) in [7, 11) is 0. The monoisotopic (exact) mass is 205 g/mol. The Balaban J connectivity index is 2.24. The molecule has 0 aliphatic carbocycles. The van der Waals surface area contributed by atoms with Crippen molar-refractivity contribution in [3.8, 4) is 0 Å². The van der Waals surface area contributed by atoms with Gasteiger partial charge in [-0.15, -0.1) is 0 Å². The summed E-state index contributed by atoms with van der Waals surface area (Å²) in [5.41, 5.74) is 2.37. The van der Waals surface area contributed by atoms with Crippen molar-refractivity contribution >= 4 is 0 Å². The molecule has 1 aliphatic heterocycles. The summed E-state index contributed by atoms with van der Waals surface area (Å²) in [4.78, 5) is 0. The second kappa shape index (κ2) is 3.95. The van der Waals surface area contributed by atoms with Gasteiger partial charge in [-0.25, -0.2) is 0 Å². The summed E-state index contributed by atoms with van der Waals surface area (Å²) in [5.74, 6) is 0. The average molecular weight is 205 g/mol. The fourth-order valence-electron chi connectivity index (χ4n) is 2.12. The lowest BCUT2D eigenvalue weighted by atomic mass is 9.93. The highest BCUT2D eigenvalue weighted by Crippen LogP contribution is 2.28. The van der Waals surface area contributed by atoms with Crippen molar-refractivity contribution in [2.24, 2.45) is 0 Å². The summed E-state index contributed by atoms with van der Waals surface area (Å²) >= 11 is 0. The molecule has 15 heavy (non-hydrogen) atoms. The van der Waals surface area contributed by atoms with Crippen molar-refractivity contribution in [2.75, 3.05) is 13.1 Å². The highest BCUT2D eigenvalue weighted by atomic mass is 16.5. The summed E-state index contributed by atoms with van der Waals surface area (Å²) in [6.07, 6.45) is 0.282. The molecule has 2 unspecified atom stereocenters. The molecule has 1 saturated heterocycles. The van der Waals surface area contributed by atoms with E-state index in [1.807, 2.05) is 0 Å². The summed E-state index contributed by atoms with van der Waals surface area (Å²) in [6, 6.07) is 8.61. The fourth-order valence-corrected chi connectivity index (χ4v) is 2.12. The molecule has 0 radical (unpaired) electrons. The zero-order valence-electron chi connectivity index (χ0n) is 9.71. The second-order valence-electron chi connectivity index (χ2n) is 4.66. The minimum absolute atomic E-state index is 0.175. The van der Waals surface area contributed by atoms with Crippen molar-refractivity contribution in [3.05, 3.63) is 35.4 Å². The van der Waals surface area contributed by atoms with E-state index in [0.29, 0.717) is 0 Å². The molecule has 0 amide bonds. The second-order valence-corrected chi connectivity index (χ2v) is 4.66. The van der Waals surface area contributed by atoms with Crippen LogP contribution in [-0.2, 0) is 10.3 Å². The molecule has 0 bridgehead atoms. The zero-order valence-corrected chi connectivity index (χ0v) is 9.71. The van der Waals surface area contributed by atoms with E-state index in [1.165, 1.54) is 11.1 Å². The predicted octanol–water partition coefficient (Wildman–Crippen LogP) is 2.22. The van der Waals surface area contributed by atoms with Crippen LogP contribution < -0.4 is 5.32 Å². The van der Waals surface area contributed by atoms with E-state index in [2.05, 4.69) is 50.4 Å². The van der Waals surface area contributed by atoms with Crippen molar-refractivity contribution in [2.45, 2.75) is 32.5 Å². The number of hydrogen-bond acceptors (Lipinski definition) is 2. The molecular weight excluding hydrogens is 186 g/mol. The Morgan fingerprint density at radius 1 is 1.33 bits per heavy atom. The number of aryl methyl sites for hydroxylation is 1. The first-order valence-electron chi connectivity index (χ1n) is 5.56. The molecule has 1 aromatic carbocycles. The largest absolute Gasteiger partial charge is 0.365 e. The van der Waals surface area contributed by atoms with Crippen LogP contribution in [0.3, 0.4) is 0 Å². The lowest BCUT2D eigenvalue weighted by Crippen LogP contribution is -2.49. The van der Waals surface area contributed by atoms with E-state index in [0.717, 1.165) is 13.1 Å². The van der Waals surface area contributed by atoms with Gasteiger partial charge >= 0.3 is 0 Å². The Labute approximate surface area is 91.6 Å². The van der Waals surface area contributed by atoms with E-state index in [9.17, 15) is 0 Å². The topological polar surface area (TPSA) is 21.3 Å². The van der Waals surface area contributed by atoms with Crippen LogP contribution >= 0.6 is 0 Å². The van der Waals surface area contributed by atoms with Crippen LogP contribution in [0.15, 0.2) is 24.3 Å². The van der Waals surface area contributed by atoms with Crippen molar-refractivity contribution in [1.29, 1.82) is 0 Å². The maximum atomic E-state index is 6.04. The maximum Gasteiger partial charge on any atom is 0.103 e. The number of rotatable bonds is 1. The number of morpholine rings is 1. The lowest BCUT2D eigenvalue weighted by molar-refractivity contribution is -0.102. The quantitative estimate of drug-likeness (QED) is 0.759. The van der Waals surface area contributed by atoms with E-state index in [4.69, 9.17) is 4.74 Å². The molecule has 82 valence electrons. The van der Waals surface area contributed by atoms with Crippen LogP contribution in [0.5, 0.6) is 0 Å². The molecule has 2 heteroatoms. The molecule has 0 aromatic heterocycles. The first kappa shape index (κ1) is 10.7. The highest BCUT2D eigenvalue weighted by Gasteiger charge is 2.32. The Hall–Kier alpha value is -0.860. The molecule has 1 heterocycles. The molecule has 1 aromatic rings. The van der Waals surface area contributed by atoms with E-state index >= 15 is 0 Å². The van der Waals surface area contributed by atoms with Gasteiger partial charge in [-0.05, 0) is 26.3 Å². The zero-order chi connectivity index (χ0) is 10.9. The Morgan fingerprint density at radius 3 is 2.60 bits per heavy atom. The molecular formula is C13H19NO. The molecule has 0 spiro atoms. The summed E-state index contributed by atoms with van der Waals surface area (Å²) < 4.78 is 6.04. The SMILES string of the molecule is Cc1ccc(C2(C)CNCC(C)O2)cc1. The Bertz CT molecular complexity index is 333. The Morgan fingerprint density at radius 2 is 2.00 bits per heavy atom. The molecule has 1 N–H and O–H groups in total. The molecule has 0 saturated carbocycles. The van der Waals surface area contributed by atoms with Crippen molar-refractivity contribution in [1.82, 2.24) is 5.32 Å². The first-order chi connectivity index (χ1) is 7.10. The van der Waals surface area contributed by atoms with Crippen LogP contribution in [0.2, 0.25) is 0 Å². The van der Waals surface area contributed by atoms with Gasteiger partial charge in [-0.2, -0.15) is 0 Å². The third-order valence-corrected chi connectivity index (χ3v) is 3.02. The van der Waals surface area contributed by atoms with E-state index in [1.54, 1.807) is 0 Å². The normalized spacial score (nSPS) is 31.5. The van der Waals surface area contributed by atoms with Crippen molar-refractivity contribution < 1.29 is 4.74 Å². The van der Waals surface area contributed by atoms with E-state index in [-0.39, 0.29) is 11.7 Å². The lowest BCUT2D eigenvalue weighted by Gasteiger charge is -2.38. The molecule has 2 rings (SSSR count). The fraction of sp³-hybridized carbons (Fsp3) is 0.538. The van der Waals surface area contributed by atoms with Crippen LogP contribution in [0.4, 0.5) is 0 Å². The number of nitrogens with one attached hydrogen (secondary N) is 1. The van der Waals surface area contributed by atoms with Crippen LogP contribution in [0.1, 0.15) is 25.0 Å². The molecule has 1 aliphatic rings. The van der Waals surface area contributed by atoms with Gasteiger partial charge in [0.1, 0.15) is 5.60 Å². The summed E-state index contributed by atoms with van der Waals surface area (Å²) in [6.45, 7) is 8.20. The van der Waals surface area contributed by atoms with Gasteiger partial charge in [0.2, 0.25) is 0 Å². The Kier molecular flexibility index (Phi) is 2.81. The predicted molar refractivity (Wildman–Crippen MR) is 61.9 cm³/mol. The maximum absolute atomic E-state index is 6.04. The average Bonchev–Trinajstić information content (AvgIpc) is 2.18. The summed E-state index contributed by atoms with van der Waals surface area (Å²) in [5, 5.41) is 3.41. The van der Waals surface area contributed by atoms with Crippen LogP contribution in [-0.4, -0.2) is 19.2 Å². The van der Waals surface area contributed by atoms with E-state index < -0.39 is 0 Å². The number of benzene rings is 1. The van der Waals surface area contributed by atoms with Crippen LogP contribution in [0, 0.1) is 6.92 Å². The van der Waals surface area contributed by atoms with Gasteiger partial charge < -0.3 is 10.1 Å². The van der Waals surface area contributed by atoms with Crippen molar-refractivity contribution in [3.63, 3.8) is 0 Å². The first-order valence-corrected chi connectivity index (χ1v) is 5.56. The number of hydrogen-bond donors (Lipinski definition) is 1. The van der Waals surface area contributed by atoms with Crippen LogP contribution in [0.25, 0.3) is 0 Å².